The molecule has 0 aliphatic rings. The number of hydrogen-bond donors (Lipinski definition) is 3. The molecule has 0 fully saturated rings. The van der Waals surface area contributed by atoms with Gasteiger partial charge in [0, 0.05) is 12.5 Å². The Bertz CT molecular complexity index is 592. The fourth-order valence-corrected chi connectivity index (χ4v) is 1.87. The van der Waals surface area contributed by atoms with Crippen molar-refractivity contribution in [1.29, 1.82) is 0 Å². The third-order valence-corrected chi connectivity index (χ3v) is 2.52. The zero-order valence-electron chi connectivity index (χ0n) is 9.08. The van der Waals surface area contributed by atoms with Gasteiger partial charge in [-0.3, -0.25) is 4.79 Å². The van der Waals surface area contributed by atoms with Gasteiger partial charge >= 0.3 is 0 Å². The molecule has 0 spiro atoms. The van der Waals surface area contributed by atoms with Crippen LogP contribution in [0.3, 0.4) is 0 Å². The zero-order valence-corrected chi connectivity index (χ0v) is 9.97. The highest BCUT2D eigenvalue weighted by Gasteiger charge is 2.14. The summed E-state index contributed by atoms with van der Waals surface area (Å²) in [6.45, 7) is 0. The van der Waals surface area contributed by atoms with E-state index < -0.39 is 17.5 Å². The number of nitrogens with zero attached hydrogens (tertiary/aromatic N) is 1. The number of H-pyrrole nitrogens is 1. The second-order valence-corrected chi connectivity index (χ2v) is 4.12. The van der Waals surface area contributed by atoms with Gasteiger partial charge in [0.05, 0.1) is 5.69 Å². The number of primary amides is 1. The number of carbonyl (C=O) groups is 1. The summed E-state index contributed by atoms with van der Waals surface area (Å²) in [6, 6.07) is 3.11. The molecule has 7 heteroatoms. The predicted molar refractivity (Wildman–Crippen MR) is 63.5 cm³/mol. The summed E-state index contributed by atoms with van der Waals surface area (Å²) < 4.78 is 26.0. The van der Waals surface area contributed by atoms with Crippen LogP contribution in [0.1, 0.15) is 21.7 Å². The molecular formula is C11H9F2N3OS. The standard InChI is InChI=1S/C11H9F2N3OS/c12-6-1-5(2-7(13)4-6)3-8-9(10(14)17)16-11(18)15-8/h1-2,4H,3H2,(H2,14,17)(H2,15,16,18). The van der Waals surface area contributed by atoms with Crippen LogP contribution < -0.4 is 5.73 Å². The first-order valence-electron chi connectivity index (χ1n) is 4.98. The highest BCUT2D eigenvalue weighted by molar-refractivity contribution is 7.80. The van der Waals surface area contributed by atoms with Crippen LogP contribution in [0.5, 0.6) is 0 Å². The fraction of sp³-hybridized carbons (Fsp3) is 0.0909. The van der Waals surface area contributed by atoms with E-state index in [0.29, 0.717) is 11.3 Å². The van der Waals surface area contributed by atoms with Gasteiger partial charge in [0.1, 0.15) is 17.3 Å². The second kappa shape index (κ2) is 4.77. The molecule has 1 amide bonds. The van der Waals surface area contributed by atoms with Crippen molar-refractivity contribution in [3.05, 3.63) is 46.8 Å². The van der Waals surface area contributed by atoms with E-state index in [2.05, 4.69) is 22.6 Å². The van der Waals surface area contributed by atoms with Crippen molar-refractivity contribution in [2.75, 3.05) is 0 Å². The molecular weight excluding hydrogens is 260 g/mol. The highest BCUT2D eigenvalue weighted by Crippen LogP contribution is 2.16. The molecule has 2 rings (SSSR count). The average molecular weight is 269 g/mol. The Hall–Kier alpha value is -1.89. The van der Waals surface area contributed by atoms with Crippen LogP contribution in [-0.2, 0) is 6.42 Å². The Morgan fingerprint density at radius 2 is 1.94 bits per heavy atom. The number of benzene rings is 1. The molecule has 0 atom stereocenters. The van der Waals surface area contributed by atoms with Gasteiger partial charge in [-0.2, -0.15) is 0 Å². The topological polar surface area (TPSA) is 71.8 Å². The van der Waals surface area contributed by atoms with Gasteiger partial charge in [-0.25, -0.2) is 13.8 Å². The average Bonchev–Trinajstić information content (AvgIpc) is 2.57. The van der Waals surface area contributed by atoms with Crippen molar-refractivity contribution in [2.24, 2.45) is 5.73 Å². The lowest BCUT2D eigenvalue weighted by molar-refractivity contribution is 0.0995. The number of rotatable bonds is 3. The van der Waals surface area contributed by atoms with E-state index in [1.54, 1.807) is 0 Å². The second-order valence-electron chi connectivity index (χ2n) is 3.70. The van der Waals surface area contributed by atoms with Gasteiger partial charge in [0.25, 0.3) is 5.91 Å². The zero-order chi connectivity index (χ0) is 13.3. The summed E-state index contributed by atoms with van der Waals surface area (Å²) >= 11 is 3.95. The van der Waals surface area contributed by atoms with E-state index in [1.807, 2.05) is 0 Å². The maximum atomic E-state index is 13.0. The molecule has 1 aromatic carbocycles. The minimum Gasteiger partial charge on any atom is -0.364 e. The molecule has 3 N–H and O–H groups in total. The molecule has 4 nitrogen and oxygen atoms in total. The molecule has 0 saturated carbocycles. The highest BCUT2D eigenvalue weighted by atomic mass is 32.1. The van der Waals surface area contributed by atoms with E-state index in [9.17, 15) is 13.6 Å². The molecule has 1 aromatic heterocycles. The number of aromatic nitrogens is 2. The number of hydrogen-bond acceptors (Lipinski definition) is 3. The van der Waals surface area contributed by atoms with Crippen molar-refractivity contribution < 1.29 is 13.6 Å². The van der Waals surface area contributed by atoms with Crippen molar-refractivity contribution in [1.82, 2.24) is 9.97 Å². The number of nitrogens with two attached hydrogens (primary N) is 1. The molecule has 0 saturated heterocycles. The summed E-state index contributed by atoms with van der Waals surface area (Å²) in [5.41, 5.74) is 5.90. The summed E-state index contributed by atoms with van der Waals surface area (Å²) in [4.78, 5) is 17.7. The summed E-state index contributed by atoms with van der Waals surface area (Å²) in [6.07, 6.45) is 0.0873. The lowest BCUT2D eigenvalue weighted by Gasteiger charge is -2.01. The van der Waals surface area contributed by atoms with Gasteiger partial charge in [-0.15, -0.1) is 12.6 Å². The van der Waals surface area contributed by atoms with E-state index in [-0.39, 0.29) is 17.3 Å². The largest absolute Gasteiger partial charge is 0.364 e. The number of nitrogens with one attached hydrogen (secondary N) is 1. The summed E-state index contributed by atoms with van der Waals surface area (Å²) in [5, 5.41) is 0.218. The lowest BCUT2D eigenvalue weighted by Crippen LogP contribution is -2.14. The molecule has 2 aromatic rings. The Morgan fingerprint density at radius 1 is 1.33 bits per heavy atom. The quantitative estimate of drug-likeness (QED) is 0.742. The third-order valence-electron chi connectivity index (χ3n) is 2.31. The van der Waals surface area contributed by atoms with Crippen LogP contribution in [0.4, 0.5) is 8.78 Å². The van der Waals surface area contributed by atoms with Gasteiger partial charge in [0.15, 0.2) is 5.16 Å². The van der Waals surface area contributed by atoms with Crippen molar-refractivity contribution >= 4 is 18.5 Å². The van der Waals surface area contributed by atoms with Crippen LogP contribution >= 0.6 is 12.6 Å². The SMILES string of the molecule is NC(=O)c1[nH]c(S)nc1Cc1cc(F)cc(F)c1. The van der Waals surface area contributed by atoms with Gasteiger partial charge in [-0.05, 0) is 17.7 Å². The Kier molecular flexibility index (Phi) is 3.33. The number of carbonyl (C=O) groups excluding carboxylic acids is 1. The Balaban J connectivity index is 2.36. The fourth-order valence-electron chi connectivity index (χ4n) is 1.63. The van der Waals surface area contributed by atoms with E-state index >= 15 is 0 Å². The van der Waals surface area contributed by atoms with Crippen LogP contribution in [-0.4, -0.2) is 15.9 Å². The first-order valence-corrected chi connectivity index (χ1v) is 5.43. The van der Waals surface area contributed by atoms with Crippen LogP contribution in [0.25, 0.3) is 0 Å². The van der Waals surface area contributed by atoms with Crippen LogP contribution in [0.2, 0.25) is 0 Å². The van der Waals surface area contributed by atoms with Crippen LogP contribution in [0.15, 0.2) is 23.4 Å². The lowest BCUT2D eigenvalue weighted by atomic mass is 10.1. The minimum absolute atomic E-state index is 0.0873. The smallest absolute Gasteiger partial charge is 0.267 e. The van der Waals surface area contributed by atoms with Crippen LogP contribution in [0, 0.1) is 11.6 Å². The molecule has 0 unspecified atom stereocenters. The predicted octanol–water partition coefficient (Wildman–Crippen LogP) is 1.67. The molecule has 1 heterocycles. The molecule has 94 valence electrons. The van der Waals surface area contributed by atoms with E-state index in [0.717, 1.165) is 6.07 Å². The van der Waals surface area contributed by atoms with E-state index in [4.69, 9.17) is 5.73 Å². The molecule has 0 aliphatic heterocycles. The first-order chi connectivity index (χ1) is 8.45. The van der Waals surface area contributed by atoms with Crippen molar-refractivity contribution in [3.8, 4) is 0 Å². The molecule has 0 aliphatic carbocycles. The minimum atomic E-state index is -0.699. The van der Waals surface area contributed by atoms with Gasteiger partial charge < -0.3 is 10.7 Å². The van der Waals surface area contributed by atoms with Gasteiger partial charge in [0.2, 0.25) is 0 Å². The maximum Gasteiger partial charge on any atom is 0.267 e. The maximum absolute atomic E-state index is 13.0. The normalized spacial score (nSPS) is 10.6. The van der Waals surface area contributed by atoms with Gasteiger partial charge in [-0.1, -0.05) is 0 Å². The Morgan fingerprint density at radius 3 is 2.50 bits per heavy atom. The van der Waals surface area contributed by atoms with Crippen molar-refractivity contribution in [2.45, 2.75) is 11.6 Å². The first kappa shape index (κ1) is 12.6. The number of imidazole rings is 1. The molecule has 0 bridgehead atoms. The number of aromatic amines is 1. The number of thiol groups is 1. The van der Waals surface area contributed by atoms with Crippen molar-refractivity contribution in [3.63, 3.8) is 0 Å². The summed E-state index contributed by atoms with van der Waals surface area (Å²) in [7, 11) is 0. The molecule has 0 radical (unpaired) electrons. The Labute approximate surface area is 107 Å². The molecule has 18 heavy (non-hydrogen) atoms. The summed E-state index contributed by atoms with van der Waals surface area (Å²) in [5.74, 6) is -2.07. The number of amides is 1. The van der Waals surface area contributed by atoms with E-state index in [1.165, 1.54) is 12.1 Å². The number of halogens is 2. The monoisotopic (exact) mass is 269 g/mol. The third kappa shape index (κ3) is 2.67.